The molecule has 0 aliphatic heterocycles. The third-order valence-electron chi connectivity index (χ3n) is 11.2. The summed E-state index contributed by atoms with van der Waals surface area (Å²) >= 11 is 0. The monoisotopic (exact) mass is 1110 g/mol. The predicted octanol–water partition coefficient (Wildman–Crippen LogP) is -1.57. The van der Waals surface area contributed by atoms with Crippen LogP contribution in [0.4, 0.5) is 26.3 Å². The Morgan fingerprint density at radius 3 is 1.73 bits per heavy atom. The maximum absolute atomic E-state index is 14.1. The number of aliphatic hydroxyl groups is 1. The van der Waals surface area contributed by atoms with Crippen molar-refractivity contribution in [2.24, 2.45) is 39.9 Å². The van der Waals surface area contributed by atoms with Crippen molar-refractivity contribution in [2.75, 3.05) is 19.7 Å². The van der Waals surface area contributed by atoms with Crippen LogP contribution >= 0.6 is 0 Å². The summed E-state index contributed by atoms with van der Waals surface area (Å²) in [4.78, 5) is 134. The normalized spacial score (nSPS) is 15.5. The Bertz CT molecular complexity index is 2220. The van der Waals surface area contributed by atoms with Crippen molar-refractivity contribution in [1.82, 2.24) is 37.2 Å². The molecule has 1 rings (SSSR count). The van der Waals surface area contributed by atoms with Crippen LogP contribution in [0.5, 0.6) is 0 Å². The molecule has 1 aromatic carbocycles. The van der Waals surface area contributed by atoms with Gasteiger partial charge in [-0.3, -0.25) is 38.6 Å². The number of esters is 2. The first-order valence-electron chi connectivity index (χ1n) is 24.0. The quantitative estimate of drug-likeness (QED) is 0.0131. The van der Waals surface area contributed by atoms with E-state index in [0.717, 1.165) is 6.92 Å². The number of nitrogens with two attached hydrogens (primary N) is 3. The number of amides is 7. The molecule has 0 unspecified atom stereocenters. The molecule has 25 nitrogen and oxygen atoms in total. The van der Waals surface area contributed by atoms with Gasteiger partial charge < -0.3 is 74.1 Å². The standard InChI is InChI=1S/C46H69F6N11O14/c1-8-23(6)32(62-35(66)26(15-12-16-56-44(54)55)59-36(67)27(17-21(2)3)60-38(69)31(53)34(65)22(4)5)40(71)63-33(24(7)77-43(75)46(50,51)52)39(70)57-19-30(64)58-28(18-25-13-10-9-11-14-25)37(68)61-29(41(72)73)20-76-42(74)45(47,48)49/h9-11,13-14,21-24,26-29,31-34,65H,8,12,15-20,53H2,1-7H3,(H,57,70)(H,58,64)(H,59,67)(H,60,69)(H,61,68)(H,62,66)(H,63,71)(H,72,73)(H4,54,55,56)/t23-,24-,26+,27-,28-,29-,31-,32-,33-,34+/m0/s1. The number of alkyl halides is 6. The smallest absolute Gasteiger partial charge is 0.480 e. The second-order valence-electron chi connectivity index (χ2n) is 18.5. The largest absolute Gasteiger partial charge is 0.490 e. The van der Waals surface area contributed by atoms with E-state index in [2.05, 4.69) is 41.1 Å². The van der Waals surface area contributed by atoms with Crippen LogP contribution in [0.2, 0.25) is 0 Å². The van der Waals surface area contributed by atoms with Crippen molar-refractivity contribution in [2.45, 2.75) is 147 Å². The SMILES string of the molecule is CC[C@H](C)[C@H](NC(=O)[C@@H](CCCN=C(N)N)NC(=O)[C@H](CC(C)C)NC(=O)[C@@H](N)[C@H](O)C(C)C)C(=O)N[C@H](C(=O)NCC(=O)N[C@@H](Cc1ccccc1)C(=O)N[C@@H](COC(=O)C(F)(F)F)C(=O)O)[C@H](C)OC(=O)C(F)(F)F. The topological polar surface area (TPSA) is 404 Å². The van der Waals surface area contributed by atoms with Gasteiger partial charge in [0.05, 0.1) is 12.6 Å². The summed E-state index contributed by atoms with van der Waals surface area (Å²) in [6.45, 7) is 7.72. The maximum atomic E-state index is 14.1. The minimum Gasteiger partial charge on any atom is -0.480 e. The minimum absolute atomic E-state index is 0.0121. The molecule has 0 heterocycles. The summed E-state index contributed by atoms with van der Waals surface area (Å²) in [6, 6.07) is -4.84. The number of ether oxygens (including phenoxy) is 2. The van der Waals surface area contributed by atoms with Gasteiger partial charge in [-0.05, 0) is 49.5 Å². The molecule has 0 saturated carbocycles. The van der Waals surface area contributed by atoms with Crippen molar-refractivity contribution >= 4 is 65.2 Å². The summed E-state index contributed by atoms with van der Waals surface area (Å²) < 4.78 is 86.8. The Morgan fingerprint density at radius 1 is 0.675 bits per heavy atom. The zero-order chi connectivity index (χ0) is 59.1. The van der Waals surface area contributed by atoms with Crippen molar-refractivity contribution in [3.05, 3.63) is 35.9 Å². The summed E-state index contributed by atoms with van der Waals surface area (Å²) in [5, 5.41) is 35.5. The summed E-state index contributed by atoms with van der Waals surface area (Å²) in [5.74, 6) is -17.6. The van der Waals surface area contributed by atoms with Gasteiger partial charge in [0.2, 0.25) is 41.4 Å². The van der Waals surface area contributed by atoms with E-state index in [-0.39, 0.29) is 44.1 Å². The van der Waals surface area contributed by atoms with Crippen LogP contribution in [-0.2, 0) is 63.8 Å². The number of nitrogens with one attached hydrogen (secondary N) is 7. The Balaban J connectivity index is 3.58. The number of aliphatic carboxylic acids is 1. The van der Waals surface area contributed by atoms with Crippen LogP contribution in [0, 0.1) is 17.8 Å². The molecule has 0 aromatic heterocycles. The lowest BCUT2D eigenvalue weighted by Crippen LogP contribution is -2.62. The molecular weight excluding hydrogens is 1040 g/mol. The fourth-order valence-corrected chi connectivity index (χ4v) is 6.75. The van der Waals surface area contributed by atoms with Gasteiger partial charge in [-0.1, -0.05) is 78.3 Å². The molecule has 0 aliphatic rings. The number of rotatable bonds is 31. The third-order valence-corrected chi connectivity index (χ3v) is 11.2. The van der Waals surface area contributed by atoms with Crippen LogP contribution < -0.4 is 54.4 Å². The van der Waals surface area contributed by atoms with Crippen LogP contribution in [0.15, 0.2) is 35.3 Å². The number of carbonyl (C=O) groups is 10. The Labute approximate surface area is 438 Å². The fourth-order valence-electron chi connectivity index (χ4n) is 6.75. The Kier molecular flexibility index (Phi) is 27.8. The van der Waals surface area contributed by atoms with Gasteiger partial charge in [0, 0.05) is 13.0 Å². The number of benzene rings is 1. The van der Waals surface area contributed by atoms with Gasteiger partial charge in [0.15, 0.2) is 12.0 Å². The first kappa shape index (κ1) is 67.7. The highest BCUT2D eigenvalue weighted by molar-refractivity contribution is 5.97. The second kappa shape index (κ2) is 31.7. The Morgan fingerprint density at radius 2 is 1.21 bits per heavy atom. The summed E-state index contributed by atoms with van der Waals surface area (Å²) in [5.41, 5.74) is 17.1. The number of carboxylic acid groups (broad SMARTS) is 1. The predicted molar refractivity (Wildman–Crippen MR) is 259 cm³/mol. The highest BCUT2D eigenvalue weighted by atomic mass is 19.4. The van der Waals surface area contributed by atoms with E-state index in [4.69, 9.17) is 17.2 Å². The number of aliphatic imine (C=N–C) groups is 1. The lowest BCUT2D eigenvalue weighted by molar-refractivity contribution is -0.205. The average molecular weight is 1110 g/mol. The number of hydrogen-bond acceptors (Lipinski definition) is 15. The zero-order valence-corrected chi connectivity index (χ0v) is 43.2. The van der Waals surface area contributed by atoms with Gasteiger partial charge in [-0.25, -0.2) is 14.4 Å². The molecule has 0 spiro atoms. The summed E-state index contributed by atoms with van der Waals surface area (Å²) in [6.07, 6.45) is -15.1. The number of hydrogen-bond donors (Lipinski definition) is 12. The van der Waals surface area contributed by atoms with E-state index in [0.29, 0.717) is 5.56 Å². The zero-order valence-electron chi connectivity index (χ0n) is 43.2. The molecule has 0 fully saturated rings. The molecule has 31 heteroatoms. The van der Waals surface area contributed by atoms with E-state index >= 15 is 0 Å². The number of aliphatic hydroxyl groups excluding tert-OH is 1. The molecular formula is C46H69F6N11O14. The molecule has 7 amide bonds. The van der Waals surface area contributed by atoms with Gasteiger partial charge in [0.25, 0.3) is 0 Å². The van der Waals surface area contributed by atoms with Gasteiger partial charge in [-0.2, -0.15) is 26.3 Å². The molecule has 0 saturated heterocycles. The molecule has 0 radical (unpaired) electrons. The summed E-state index contributed by atoms with van der Waals surface area (Å²) in [7, 11) is 0. The highest BCUT2D eigenvalue weighted by Gasteiger charge is 2.45. The van der Waals surface area contributed by atoms with Crippen molar-refractivity contribution in [3.8, 4) is 0 Å². The fraction of sp³-hybridized carbons (Fsp3) is 0.630. The molecule has 1 aromatic rings. The molecule has 15 N–H and O–H groups in total. The lowest BCUT2D eigenvalue weighted by atomic mass is 9.96. The second-order valence-corrected chi connectivity index (χ2v) is 18.5. The first-order chi connectivity index (χ1) is 35.6. The van der Waals surface area contributed by atoms with Crippen molar-refractivity contribution in [1.29, 1.82) is 0 Å². The van der Waals surface area contributed by atoms with Gasteiger partial charge in [0.1, 0.15) is 49.0 Å². The molecule has 434 valence electrons. The van der Waals surface area contributed by atoms with E-state index in [1.165, 1.54) is 31.2 Å². The number of halogens is 6. The van der Waals surface area contributed by atoms with Crippen molar-refractivity contribution < 1.29 is 94.0 Å². The maximum Gasteiger partial charge on any atom is 0.490 e. The number of guanidine groups is 1. The van der Waals surface area contributed by atoms with Gasteiger partial charge >= 0.3 is 30.3 Å². The lowest BCUT2D eigenvalue weighted by Gasteiger charge is -2.30. The Hall–Kier alpha value is -7.31. The molecule has 0 aliphatic carbocycles. The third kappa shape index (κ3) is 24.5. The molecule has 77 heavy (non-hydrogen) atoms. The highest BCUT2D eigenvalue weighted by Crippen LogP contribution is 2.20. The van der Waals surface area contributed by atoms with E-state index in [1.54, 1.807) is 40.7 Å². The molecule has 10 atom stereocenters. The van der Waals surface area contributed by atoms with E-state index in [9.17, 15) is 84.5 Å². The van der Waals surface area contributed by atoms with Crippen LogP contribution in [0.1, 0.15) is 79.7 Å². The number of nitrogens with zero attached hydrogens (tertiary/aromatic N) is 1. The number of carboxylic acids is 1. The van der Waals surface area contributed by atoms with Crippen molar-refractivity contribution in [3.63, 3.8) is 0 Å². The van der Waals surface area contributed by atoms with Gasteiger partial charge in [-0.15, -0.1) is 0 Å². The minimum atomic E-state index is -5.63. The number of carbonyl (C=O) groups excluding carboxylic acids is 9. The van der Waals surface area contributed by atoms with E-state index < -0.39 is 158 Å². The molecule has 0 bridgehead atoms. The first-order valence-corrected chi connectivity index (χ1v) is 24.0. The van der Waals surface area contributed by atoms with Crippen LogP contribution in [0.3, 0.4) is 0 Å². The average Bonchev–Trinajstić information content (AvgIpc) is 3.33. The van der Waals surface area contributed by atoms with Crippen LogP contribution in [0.25, 0.3) is 0 Å². The van der Waals surface area contributed by atoms with Crippen LogP contribution in [-0.4, -0.2) is 162 Å². The van der Waals surface area contributed by atoms with E-state index in [1.807, 2.05) is 10.6 Å².